The number of carbonyl (C=O) groups excluding carboxylic acids is 1. The highest BCUT2D eigenvalue weighted by molar-refractivity contribution is 6.08. The van der Waals surface area contributed by atoms with Crippen molar-refractivity contribution in [3.63, 3.8) is 0 Å². The first kappa shape index (κ1) is 16.5. The number of carboxylic acid groups (broad SMARTS) is 1. The van der Waals surface area contributed by atoms with E-state index in [1.54, 1.807) is 42.7 Å². The van der Waals surface area contributed by atoms with Crippen molar-refractivity contribution in [1.82, 2.24) is 9.55 Å². The van der Waals surface area contributed by atoms with E-state index in [9.17, 15) is 14.7 Å². The number of nitrogens with zero attached hydrogens (tertiary/aromatic N) is 2. The Morgan fingerprint density at radius 2 is 1.67 bits per heavy atom. The number of benzene rings is 3. The molecule has 2 N–H and O–H groups in total. The number of rotatable bonds is 4. The number of fused-ring (bicyclic) bond motifs is 1. The fraction of sp³-hybridized carbons (Fsp3) is 0. The van der Waals surface area contributed by atoms with Gasteiger partial charge in [0.15, 0.2) is 0 Å². The lowest BCUT2D eigenvalue weighted by atomic mass is 10.1. The monoisotopic (exact) mass is 357 g/mol. The summed E-state index contributed by atoms with van der Waals surface area (Å²) in [5.74, 6) is -1.48. The summed E-state index contributed by atoms with van der Waals surface area (Å²) >= 11 is 0. The van der Waals surface area contributed by atoms with E-state index in [4.69, 9.17) is 0 Å². The largest absolute Gasteiger partial charge is 0.478 e. The SMILES string of the molecule is O=C(Nc1cc(-n2cnc3ccccc32)ccc1C(=O)O)c1ccccc1. The van der Waals surface area contributed by atoms with Gasteiger partial charge in [-0.05, 0) is 42.5 Å². The molecule has 0 unspecified atom stereocenters. The van der Waals surface area contributed by atoms with Gasteiger partial charge in [0.05, 0.1) is 22.3 Å². The van der Waals surface area contributed by atoms with Crippen LogP contribution in [-0.2, 0) is 0 Å². The Kier molecular flexibility index (Phi) is 4.14. The molecular formula is C21H15N3O3. The number of nitrogens with one attached hydrogen (secondary N) is 1. The van der Waals surface area contributed by atoms with Gasteiger partial charge in [-0.15, -0.1) is 0 Å². The molecule has 1 amide bonds. The van der Waals surface area contributed by atoms with Crippen molar-refractivity contribution in [2.75, 3.05) is 5.32 Å². The Morgan fingerprint density at radius 3 is 2.44 bits per heavy atom. The van der Waals surface area contributed by atoms with Crippen molar-refractivity contribution in [2.45, 2.75) is 0 Å². The van der Waals surface area contributed by atoms with Crippen LogP contribution in [0.1, 0.15) is 20.7 Å². The molecule has 6 nitrogen and oxygen atoms in total. The third-order valence-electron chi connectivity index (χ3n) is 4.25. The smallest absolute Gasteiger partial charge is 0.337 e. The summed E-state index contributed by atoms with van der Waals surface area (Å²) in [6.07, 6.45) is 1.67. The molecule has 0 saturated heterocycles. The highest BCUT2D eigenvalue weighted by Gasteiger charge is 2.15. The van der Waals surface area contributed by atoms with Gasteiger partial charge in [0.2, 0.25) is 0 Å². The Labute approximate surface area is 154 Å². The van der Waals surface area contributed by atoms with E-state index in [0.717, 1.165) is 11.0 Å². The summed E-state index contributed by atoms with van der Waals surface area (Å²) in [6, 6.07) is 21.1. The van der Waals surface area contributed by atoms with E-state index in [0.29, 0.717) is 11.3 Å². The summed E-state index contributed by atoms with van der Waals surface area (Å²) in [5, 5.41) is 12.2. The molecule has 1 aromatic heterocycles. The van der Waals surface area contributed by atoms with E-state index in [2.05, 4.69) is 10.3 Å². The minimum absolute atomic E-state index is 0.0208. The van der Waals surface area contributed by atoms with Crippen LogP contribution < -0.4 is 5.32 Å². The van der Waals surface area contributed by atoms with E-state index in [1.807, 2.05) is 34.9 Å². The number of hydrogen-bond acceptors (Lipinski definition) is 3. The summed E-state index contributed by atoms with van der Waals surface area (Å²) in [5.41, 5.74) is 3.12. The fourth-order valence-electron chi connectivity index (χ4n) is 2.92. The van der Waals surface area contributed by atoms with Crippen LogP contribution in [0.15, 0.2) is 79.1 Å². The topological polar surface area (TPSA) is 84.2 Å². The van der Waals surface area contributed by atoms with Crippen molar-refractivity contribution < 1.29 is 14.7 Å². The highest BCUT2D eigenvalue weighted by Crippen LogP contribution is 2.24. The molecular weight excluding hydrogens is 342 g/mol. The first-order valence-electron chi connectivity index (χ1n) is 8.30. The van der Waals surface area contributed by atoms with Crippen molar-refractivity contribution in [1.29, 1.82) is 0 Å². The average Bonchev–Trinajstić information content (AvgIpc) is 3.12. The molecule has 27 heavy (non-hydrogen) atoms. The predicted molar refractivity (Wildman–Crippen MR) is 102 cm³/mol. The van der Waals surface area contributed by atoms with Crippen LogP contribution in [0.5, 0.6) is 0 Å². The molecule has 0 aliphatic carbocycles. The quantitative estimate of drug-likeness (QED) is 0.579. The Bertz CT molecular complexity index is 1150. The lowest BCUT2D eigenvalue weighted by Crippen LogP contribution is -2.15. The van der Waals surface area contributed by atoms with Crippen molar-refractivity contribution >= 4 is 28.6 Å². The van der Waals surface area contributed by atoms with Crippen molar-refractivity contribution in [3.8, 4) is 5.69 Å². The Morgan fingerprint density at radius 1 is 0.926 bits per heavy atom. The maximum absolute atomic E-state index is 12.5. The zero-order valence-corrected chi connectivity index (χ0v) is 14.2. The molecule has 4 aromatic rings. The van der Waals surface area contributed by atoms with Crippen LogP contribution in [0, 0.1) is 0 Å². The molecule has 3 aromatic carbocycles. The molecule has 0 radical (unpaired) electrons. The van der Waals surface area contributed by atoms with Gasteiger partial charge in [-0.1, -0.05) is 30.3 Å². The number of aromatic nitrogens is 2. The van der Waals surface area contributed by atoms with Gasteiger partial charge >= 0.3 is 5.97 Å². The van der Waals surface area contributed by atoms with E-state index in [-0.39, 0.29) is 17.2 Å². The standard InChI is InChI=1S/C21H15N3O3/c25-20(14-6-2-1-3-7-14)23-18-12-15(10-11-16(18)21(26)27)24-13-22-17-8-4-5-9-19(17)24/h1-13H,(H,23,25)(H,26,27). The second-order valence-electron chi connectivity index (χ2n) is 5.96. The molecule has 0 aliphatic rings. The summed E-state index contributed by atoms with van der Waals surface area (Å²) < 4.78 is 1.85. The van der Waals surface area contributed by atoms with Gasteiger partial charge in [-0.25, -0.2) is 9.78 Å². The molecule has 0 saturated carbocycles. The van der Waals surface area contributed by atoms with Crippen LogP contribution >= 0.6 is 0 Å². The maximum Gasteiger partial charge on any atom is 0.337 e. The second kappa shape index (κ2) is 6.76. The van der Waals surface area contributed by atoms with Gasteiger partial charge < -0.3 is 10.4 Å². The molecule has 0 spiro atoms. The van der Waals surface area contributed by atoms with Crippen LogP contribution in [-0.4, -0.2) is 26.5 Å². The lowest BCUT2D eigenvalue weighted by molar-refractivity contribution is 0.0698. The summed E-state index contributed by atoms with van der Waals surface area (Å²) in [4.78, 5) is 28.4. The second-order valence-corrected chi connectivity index (χ2v) is 5.96. The van der Waals surface area contributed by atoms with Gasteiger partial charge in [-0.3, -0.25) is 9.36 Å². The first-order chi connectivity index (χ1) is 13.1. The molecule has 132 valence electrons. The number of amides is 1. The third-order valence-corrected chi connectivity index (χ3v) is 4.25. The molecule has 1 heterocycles. The van der Waals surface area contributed by atoms with Crippen molar-refractivity contribution in [2.24, 2.45) is 0 Å². The number of hydrogen-bond donors (Lipinski definition) is 2. The average molecular weight is 357 g/mol. The van der Waals surface area contributed by atoms with Gasteiger partial charge in [0.25, 0.3) is 5.91 Å². The van der Waals surface area contributed by atoms with Crippen LogP contribution in [0.2, 0.25) is 0 Å². The highest BCUT2D eigenvalue weighted by atomic mass is 16.4. The maximum atomic E-state index is 12.5. The molecule has 6 heteroatoms. The van der Waals surface area contributed by atoms with Gasteiger partial charge in [0.1, 0.15) is 6.33 Å². The van der Waals surface area contributed by atoms with E-state index in [1.165, 1.54) is 6.07 Å². The van der Waals surface area contributed by atoms with Gasteiger partial charge in [-0.2, -0.15) is 0 Å². The number of aromatic carboxylic acids is 1. The predicted octanol–water partition coefficient (Wildman–Crippen LogP) is 3.98. The molecule has 0 bridgehead atoms. The summed E-state index contributed by atoms with van der Waals surface area (Å²) in [7, 11) is 0. The number of anilines is 1. The van der Waals surface area contributed by atoms with Crippen molar-refractivity contribution in [3.05, 3.63) is 90.3 Å². The number of para-hydroxylation sites is 2. The zero-order chi connectivity index (χ0) is 18.8. The minimum Gasteiger partial charge on any atom is -0.478 e. The molecule has 0 atom stereocenters. The Hall–Kier alpha value is -3.93. The number of imidazole rings is 1. The minimum atomic E-state index is -1.11. The zero-order valence-electron chi connectivity index (χ0n) is 14.2. The normalized spacial score (nSPS) is 10.7. The van der Waals surface area contributed by atoms with Crippen LogP contribution in [0.4, 0.5) is 5.69 Å². The molecule has 0 fully saturated rings. The summed E-state index contributed by atoms with van der Waals surface area (Å²) in [6.45, 7) is 0. The van der Waals surface area contributed by atoms with E-state index < -0.39 is 5.97 Å². The Balaban J connectivity index is 1.77. The molecule has 0 aliphatic heterocycles. The number of carboxylic acids is 1. The number of carbonyl (C=O) groups is 2. The third kappa shape index (κ3) is 3.16. The lowest BCUT2D eigenvalue weighted by Gasteiger charge is -2.12. The first-order valence-corrected chi connectivity index (χ1v) is 8.30. The van der Waals surface area contributed by atoms with Crippen LogP contribution in [0.25, 0.3) is 16.7 Å². The fourth-order valence-corrected chi connectivity index (χ4v) is 2.92. The van der Waals surface area contributed by atoms with Gasteiger partial charge in [0, 0.05) is 11.3 Å². The van der Waals surface area contributed by atoms with E-state index >= 15 is 0 Å². The van der Waals surface area contributed by atoms with Crippen LogP contribution in [0.3, 0.4) is 0 Å². The molecule has 4 rings (SSSR count).